The number of ether oxygens (including phenoxy) is 3. The number of esters is 6. The standard InChI is InChI=1S/C24H44N12O10/c25-12(4-1-7-34-21(28)29)17(39)44-15(37)10-24(43,20(42)46-19(41)14(27)6-3-9-36-23(32)33)11-16(38)45-18(40)13(26)5-2-8-35-22(30)31/h12-14,43H,1-11,25-27H2,(H4,28,29,34)(H4,30,31,35)(H4,32,33,36)/t12-,13-,14-/m0/s1. The summed E-state index contributed by atoms with van der Waals surface area (Å²) >= 11 is 0. The quantitative estimate of drug-likeness (QED) is 0.0145. The number of carbonyl (C=O) groups is 6. The molecule has 0 unspecified atom stereocenters. The van der Waals surface area contributed by atoms with Crippen molar-refractivity contribution < 1.29 is 48.1 Å². The van der Waals surface area contributed by atoms with Gasteiger partial charge in [-0.2, -0.15) is 0 Å². The highest BCUT2D eigenvalue weighted by molar-refractivity contribution is 5.99. The maximum atomic E-state index is 12.9. The van der Waals surface area contributed by atoms with Gasteiger partial charge in [0, 0.05) is 19.6 Å². The summed E-state index contributed by atoms with van der Waals surface area (Å²) in [5.74, 6) is -9.38. The summed E-state index contributed by atoms with van der Waals surface area (Å²) in [6.07, 6.45) is -2.31. The molecule has 0 heterocycles. The predicted octanol–water partition coefficient (Wildman–Crippen LogP) is -6.15. The molecule has 0 aromatic carbocycles. The number of aliphatic imine (C=N–C) groups is 3. The maximum Gasteiger partial charge on any atom is 0.347 e. The molecule has 0 saturated carbocycles. The second-order valence-electron chi connectivity index (χ2n) is 9.85. The van der Waals surface area contributed by atoms with Gasteiger partial charge in [0.05, 0.1) is 12.8 Å². The lowest BCUT2D eigenvalue weighted by atomic mass is 9.95. The van der Waals surface area contributed by atoms with E-state index in [1.807, 2.05) is 0 Å². The molecule has 0 aromatic heterocycles. The van der Waals surface area contributed by atoms with Crippen LogP contribution in [0.15, 0.2) is 15.0 Å². The van der Waals surface area contributed by atoms with E-state index in [9.17, 15) is 33.9 Å². The largest absolute Gasteiger partial charge is 0.392 e. The van der Waals surface area contributed by atoms with Gasteiger partial charge in [-0.3, -0.25) is 24.6 Å². The van der Waals surface area contributed by atoms with Crippen LogP contribution in [0.5, 0.6) is 0 Å². The number of aliphatic hydroxyl groups is 1. The van der Waals surface area contributed by atoms with Crippen molar-refractivity contribution in [2.24, 2.45) is 66.6 Å². The molecule has 0 spiro atoms. The molecule has 0 aliphatic heterocycles. The molecule has 0 bridgehead atoms. The lowest BCUT2D eigenvalue weighted by Gasteiger charge is -2.24. The summed E-state index contributed by atoms with van der Waals surface area (Å²) < 4.78 is 13.8. The minimum absolute atomic E-state index is 0.0224. The lowest BCUT2D eigenvalue weighted by Crippen LogP contribution is -2.48. The molecule has 0 radical (unpaired) electrons. The Morgan fingerprint density at radius 2 is 0.826 bits per heavy atom. The molecule has 0 aliphatic carbocycles. The van der Waals surface area contributed by atoms with Crippen LogP contribution < -0.4 is 51.6 Å². The van der Waals surface area contributed by atoms with E-state index in [4.69, 9.17) is 51.6 Å². The second-order valence-corrected chi connectivity index (χ2v) is 9.85. The van der Waals surface area contributed by atoms with E-state index >= 15 is 0 Å². The van der Waals surface area contributed by atoms with E-state index in [1.54, 1.807) is 0 Å². The number of nitrogens with zero attached hydrogens (tertiary/aromatic N) is 3. The molecular weight excluding hydrogens is 616 g/mol. The Labute approximate surface area is 263 Å². The van der Waals surface area contributed by atoms with Crippen LogP contribution in [0.2, 0.25) is 0 Å². The van der Waals surface area contributed by atoms with Gasteiger partial charge in [0.25, 0.3) is 0 Å². The number of nitrogens with two attached hydrogens (primary N) is 9. The normalized spacial score (nSPS) is 12.8. The Kier molecular flexibility index (Phi) is 18.7. The van der Waals surface area contributed by atoms with Crippen molar-refractivity contribution in [2.45, 2.75) is 75.1 Å². The first kappa shape index (κ1) is 41.1. The fourth-order valence-corrected chi connectivity index (χ4v) is 3.31. The fourth-order valence-electron chi connectivity index (χ4n) is 3.31. The van der Waals surface area contributed by atoms with Crippen LogP contribution >= 0.6 is 0 Å². The van der Waals surface area contributed by atoms with E-state index in [1.165, 1.54) is 0 Å². The van der Waals surface area contributed by atoms with Gasteiger partial charge in [0.1, 0.15) is 18.1 Å². The molecule has 260 valence electrons. The molecule has 0 aromatic rings. The fraction of sp³-hybridized carbons (Fsp3) is 0.625. The van der Waals surface area contributed by atoms with Gasteiger partial charge in [-0.15, -0.1) is 0 Å². The molecule has 19 N–H and O–H groups in total. The van der Waals surface area contributed by atoms with E-state index in [-0.39, 0.29) is 76.0 Å². The summed E-state index contributed by atoms with van der Waals surface area (Å²) in [5, 5.41) is 11.0. The number of hydrogen-bond donors (Lipinski definition) is 10. The Morgan fingerprint density at radius 1 is 0.543 bits per heavy atom. The van der Waals surface area contributed by atoms with Crippen molar-refractivity contribution in [1.82, 2.24) is 0 Å². The summed E-state index contributed by atoms with van der Waals surface area (Å²) in [6, 6.07) is -4.10. The molecule has 22 nitrogen and oxygen atoms in total. The molecular formula is C24H44N12O10. The second kappa shape index (κ2) is 20.9. The van der Waals surface area contributed by atoms with Gasteiger partial charge in [-0.25, -0.2) is 19.2 Å². The molecule has 0 fully saturated rings. The third-order valence-corrected chi connectivity index (χ3v) is 5.69. The highest BCUT2D eigenvalue weighted by Gasteiger charge is 2.46. The Morgan fingerprint density at radius 3 is 1.11 bits per heavy atom. The Balaban J connectivity index is 5.59. The third kappa shape index (κ3) is 18.0. The molecule has 0 rings (SSSR count). The first-order chi connectivity index (χ1) is 21.4. The molecule has 22 heteroatoms. The van der Waals surface area contributed by atoms with Crippen LogP contribution in [0.25, 0.3) is 0 Å². The molecule has 0 saturated heterocycles. The van der Waals surface area contributed by atoms with Crippen molar-refractivity contribution in [3.8, 4) is 0 Å². The minimum Gasteiger partial charge on any atom is -0.392 e. The summed E-state index contributed by atoms with van der Waals surface area (Å²) in [6.45, 7) is 0.329. The average molecular weight is 661 g/mol. The highest BCUT2D eigenvalue weighted by Crippen LogP contribution is 2.21. The predicted molar refractivity (Wildman–Crippen MR) is 161 cm³/mol. The van der Waals surface area contributed by atoms with Crippen molar-refractivity contribution in [2.75, 3.05) is 19.6 Å². The smallest absolute Gasteiger partial charge is 0.347 e. The zero-order valence-electron chi connectivity index (χ0n) is 25.2. The highest BCUT2D eigenvalue weighted by atomic mass is 16.6. The van der Waals surface area contributed by atoms with Gasteiger partial charge in [0.2, 0.25) is 0 Å². The van der Waals surface area contributed by atoms with E-state index in [2.05, 4.69) is 29.2 Å². The van der Waals surface area contributed by atoms with Gasteiger partial charge >= 0.3 is 35.8 Å². The van der Waals surface area contributed by atoms with Crippen molar-refractivity contribution in [1.29, 1.82) is 0 Å². The van der Waals surface area contributed by atoms with Gasteiger partial charge in [-0.05, 0) is 38.5 Å². The molecule has 46 heavy (non-hydrogen) atoms. The van der Waals surface area contributed by atoms with Crippen LogP contribution in [0.4, 0.5) is 0 Å². The maximum absolute atomic E-state index is 12.9. The molecule has 0 aliphatic rings. The molecule has 0 amide bonds. The Bertz CT molecular complexity index is 1110. The zero-order chi connectivity index (χ0) is 35.4. The first-order valence-corrected chi connectivity index (χ1v) is 13.8. The van der Waals surface area contributed by atoms with Crippen LogP contribution in [0.1, 0.15) is 51.4 Å². The number of guanidine groups is 3. The summed E-state index contributed by atoms with van der Waals surface area (Å²) in [4.78, 5) is 85.9. The van der Waals surface area contributed by atoms with Crippen LogP contribution in [-0.4, -0.2) is 102 Å². The molecule has 3 atom stereocenters. The topological polar surface area (TPSA) is 422 Å². The van der Waals surface area contributed by atoms with E-state index < -0.39 is 72.4 Å². The van der Waals surface area contributed by atoms with Gasteiger partial charge in [-0.1, -0.05) is 0 Å². The van der Waals surface area contributed by atoms with Gasteiger partial charge in [0.15, 0.2) is 23.5 Å². The van der Waals surface area contributed by atoms with E-state index in [0.717, 1.165) is 0 Å². The van der Waals surface area contributed by atoms with Gasteiger partial charge < -0.3 is 70.9 Å². The lowest BCUT2D eigenvalue weighted by molar-refractivity contribution is -0.185. The zero-order valence-corrected chi connectivity index (χ0v) is 25.2. The SMILES string of the molecule is NC(N)=NCCC[C@H](N)C(=O)OC(=O)CC(O)(CC(=O)OC(=O)[C@@H](N)CCCN=C(N)N)C(=O)OC(=O)[C@@H](N)CCCN=C(N)N. The number of carbonyl (C=O) groups excluding carboxylic acids is 6. The van der Waals surface area contributed by atoms with Crippen molar-refractivity contribution in [3.63, 3.8) is 0 Å². The van der Waals surface area contributed by atoms with Crippen LogP contribution in [0, 0.1) is 0 Å². The van der Waals surface area contributed by atoms with Crippen LogP contribution in [-0.2, 0) is 43.0 Å². The minimum atomic E-state index is -3.18. The summed E-state index contributed by atoms with van der Waals surface area (Å²) in [7, 11) is 0. The van der Waals surface area contributed by atoms with Crippen LogP contribution in [0.3, 0.4) is 0 Å². The van der Waals surface area contributed by atoms with Crippen molar-refractivity contribution in [3.05, 3.63) is 0 Å². The average Bonchev–Trinajstić information content (AvgIpc) is 2.94. The first-order valence-electron chi connectivity index (χ1n) is 13.8. The van der Waals surface area contributed by atoms with Crippen molar-refractivity contribution >= 4 is 53.7 Å². The third-order valence-electron chi connectivity index (χ3n) is 5.69. The summed E-state index contributed by atoms with van der Waals surface area (Å²) in [5.41, 5.74) is 45.1. The number of rotatable bonds is 20. The monoisotopic (exact) mass is 660 g/mol. The Hall–Kier alpha value is -4.93. The van der Waals surface area contributed by atoms with E-state index in [0.29, 0.717) is 0 Å². The number of hydrogen-bond acceptors (Lipinski definition) is 16.